The topological polar surface area (TPSA) is 30.7 Å². The Hall–Kier alpha value is -2.63. The highest BCUT2D eigenvalue weighted by Crippen LogP contribution is 2.30. The molecule has 0 N–H and O–H groups in total. The average molecular weight is 396 g/mol. The Morgan fingerprint density at radius 2 is 1.67 bits per heavy atom. The van der Waals surface area contributed by atoms with Gasteiger partial charge in [-0.05, 0) is 54.1 Å². The van der Waals surface area contributed by atoms with Crippen LogP contribution < -0.4 is 0 Å². The van der Waals surface area contributed by atoms with Crippen molar-refractivity contribution < 1.29 is 4.39 Å². The molecule has 0 radical (unpaired) electrons. The molecule has 0 spiro atoms. The number of thioether (sulfide) groups is 1. The maximum absolute atomic E-state index is 13.4. The standard InChI is InChI=1S/C21H15ClFN3S/c22-17-11-9-16(10-12-17)20-24-25-21(26(20)19-7-2-1-3-8-19)27-14-15-5-4-6-18(23)13-15/h1-13H,14H2. The van der Waals surface area contributed by atoms with Gasteiger partial charge in [0.25, 0.3) is 0 Å². The number of hydrogen-bond acceptors (Lipinski definition) is 3. The molecule has 134 valence electrons. The van der Waals surface area contributed by atoms with Crippen LogP contribution in [0.4, 0.5) is 4.39 Å². The van der Waals surface area contributed by atoms with Crippen LogP contribution in [-0.4, -0.2) is 14.8 Å². The number of benzene rings is 3. The first kappa shape index (κ1) is 17.8. The first-order chi connectivity index (χ1) is 13.2. The Labute approximate surface area is 165 Å². The van der Waals surface area contributed by atoms with Crippen LogP contribution in [0.25, 0.3) is 17.1 Å². The molecule has 0 saturated carbocycles. The SMILES string of the molecule is Fc1cccc(CSc2nnc(-c3ccc(Cl)cc3)n2-c2ccccc2)c1. The van der Waals surface area contributed by atoms with E-state index in [4.69, 9.17) is 11.6 Å². The molecular formula is C21H15ClFN3S. The predicted molar refractivity (Wildman–Crippen MR) is 108 cm³/mol. The molecule has 3 aromatic carbocycles. The van der Waals surface area contributed by atoms with Gasteiger partial charge in [-0.25, -0.2) is 4.39 Å². The Morgan fingerprint density at radius 1 is 0.889 bits per heavy atom. The highest BCUT2D eigenvalue weighted by Gasteiger charge is 2.16. The minimum absolute atomic E-state index is 0.237. The number of para-hydroxylation sites is 1. The summed E-state index contributed by atoms with van der Waals surface area (Å²) in [5.41, 5.74) is 2.79. The molecule has 1 heterocycles. The molecular weight excluding hydrogens is 381 g/mol. The molecule has 0 aliphatic heterocycles. The first-order valence-electron chi connectivity index (χ1n) is 8.35. The van der Waals surface area contributed by atoms with Gasteiger partial charge in [0, 0.05) is 22.0 Å². The monoisotopic (exact) mass is 395 g/mol. The van der Waals surface area contributed by atoms with E-state index in [-0.39, 0.29) is 5.82 Å². The zero-order valence-corrected chi connectivity index (χ0v) is 15.8. The molecule has 4 rings (SSSR count). The minimum Gasteiger partial charge on any atom is -0.270 e. The zero-order chi connectivity index (χ0) is 18.6. The van der Waals surface area contributed by atoms with E-state index in [0.717, 1.165) is 27.8 Å². The third kappa shape index (κ3) is 4.04. The summed E-state index contributed by atoms with van der Waals surface area (Å²) in [4.78, 5) is 0. The summed E-state index contributed by atoms with van der Waals surface area (Å²) in [6, 6.07) is 24.0. The van der Waals surface area contributed by atoms with Crippen molar-refractivity contribution in [3.63, 3.8) is 0 Å². The molecule has 27 heavy (non-hydrogen) atoms. The fraction of sp³-hybridized carbons (Fsp3) is 0.0476. The number of hydrogen-bond donors (Lipinski definition) is 0. The van der Waals surface area contributed by atoms with Crippen LogP contribution in [0.2, 0.25) is 5.02 Å². The van der Waals surface area contributed by atoms with E-state index in [1.807, 2.05) is 65.2 Å². The van der Waals surface area contributed by atoms with Crippen LogP contribution >= 0.6 is 23.4 Å². The largest absolute Gasteiger partial charge is 0.270 e. The van der Waals surface area contributed by atoms with Crippen molar-refractivity contribution in [1.29, 1.82) is 0 Å². The van der Waals surface area contributed by atoms with Gasteiger partial charge in [-0.15, -0.1) is 10.2 Å². The van der Waals surface area contributed by atoms with Crippen LogP contribution in [0.5, 0.6) is 0 Å². The normalized spacial score (nSPS) is 10.9. The molecule has 0 bridgehead atoms. The van der Waals surface area contributed by atoms with Crippen molar-refractivity contribution in [2.75, 3.05) is 0 Å². The van der Waals surface area contributed by atoms with Crippen molar-refractivity contribution in [2.24, 2.45) is 0 Å². The lowest BCUT2D eigenvalue weighted by molar-refractivity contribution is 0.626. The number of aromatic nitrogens is 3. The minimum atomic E-state index is -0.237. The predicted octanol–water partition coefficient (Wildman–Crippen LogP) is 6.02. The maximum atomic E-state index is 13.4. The highest BCUT2D eigenvalue weighted by atomic mass is 35.5. The van der Waals surface area contributed by atoms with Gasteiger partial charge in [-0.1, -0.05) is 53.7 Å². The van der Waals surface area contributed by atoms with Crippen LogP contribution in [0.3, 0.4) is 0 Å². The molecule has 0 aliphatic carbocycles. The quantitative estimate of drug-likeness (QED) is 0.387. The highest BCUT2D eigenvalue weighted by molar-refractivity contribution is 7.98. The summed E-state index contributed by atoms with van der Waals surface area (Å²) >= 11 is 7.53. The first-order valence-corrected chi connectivity index (χ1v) is 9.71. The molecule has 3 nitrogen and oxygen atoms in total. The molecule has 0 aliphatic rings. The van der Waals surface area contributed by atoms with Crippen molar-refractivity contribution >= 4 is 23.4 Å². The van der Waals surface area contributed by atoms with Crippen molar-refractivity contribution in [1.82, 2.24) is 14.8 Å². The van der Waals surface area contributed by atoms with Gasteiger partial charge >= 0.3 is 0 Å². The van der Waals surface area contributed by atoms with Crippen molar-refractivity contribution in [3.8, 4) is 17.1 Å². The van der Waals surface area contributed by atoms with Gasteiger partial charge in [0.1, 0.15) is 5.82 Å². The average Bonchev–Trinajstić information content (AvgIpc) is 3.12. The second kappa shape index (κ2) is 7.94. The smallest absolute Gasteiger partial charge is 0.196 e. The molecule has 0 amide bonds. The summed E-state index contributed by atoms with van der Waals surface area (Å²) in [6.07, 6.45) is 0. The Balaban J connectivity index is 1.72. The molecule has 0 saturated heterocycles. The van der Waals surface area contributed by atoms with E-state index in [9.17, 15) is 4.39 Å². The van der Waals surface area contributed by atoms with E-state index in [1.54, 1.807) is 6.07 Å². The third-order valence-electron chi connectivity index (χ3n) is 4.01. The summed E-state index contributed by atoms with van der Waals surface area (Å²) < 4.78 is 15.4. The fourth-order valence-corrected chi connectivity index (χ4v) is 3.75. The van der Waals surface area contributed by atoms with Crippen LogP contribution in [0.1, 0.15) is 5.56 Å². The second-order valence-electron chi connectivity index (χ2n) is 5.90. The number of nitrogens with zero attached hydrogens (tertiary/aromatic N) is 3. The Kier molecular flexibility index (Phi) is 5.23. The van der Waals surface area contributed by atoms with E-state index in [1.165, 1.54) is 23.9 Å². The molecule has 0 fully saturated rings. The van der Waals surface area contributed by atoms with Crippen LogP contribution in [0.15, 0.2) is 84.0 Å². The van der Waals surface area contributed by atoms with Crippen molar-refractivity contribution in [3.05, 3.63) is 95.3 Å². The van der Waals surface area contributed by atoms with Gasteiger partial charge in [0.05, 0.1) is 0 Å². The van der Waals surface area contributed by atoms with Crippen LogP contribution in [-0.2, 0) is 5.75 Å². The van der Waals surface area contributed by atoms with Gasteiger partial charge in [-0.2, -0.15) is 0 Å². The summed E-state index contributed by atoms with van der Waals surface area (Å²) in [5.74, 6) is 1.10. The molecule has 4 aromatic rings. The second-order valence-corrected chi connectivity index (χ2v) is 7.28. The van der Waals surface area contributed by atoms with E-state index in [2.05, 4.69) is 10.2 Å². The lowest BCUT2D eigenvalue weighted by Crippen LogP contribution is -1.99. The Bertz CT molecular complexity index is 1050. The van der Waals surface area contributed by atoms with E-state index in [0.29, 0.717) is 10.8 Å². The van der Waals surface area contributed by atoms with Gasteiger partial charge in [0.15, 0.2) is 11.0 Å². The maximum Gasteiger partial charge on any atom is 0.196 e. The number of halogens is 2. The summed E-state index contributed by atoms with van der Waals surface area (Å²) in [7, 11) is 0. The molecule has 0 unspecified atom stereocenters. The third-order valence-corrected chi connectivity index (χ3v) is 5.26. The van der Waals surface area contributed by atoms with Gasteiger partial charge < -0.3 is 0 Å². The lowest BCUT2D eigenvalue weighted by atomic mass is 10.2. The van der Waals surface area contributed by atoms with Gasteiger partial charge in [-0.3, -0.25) is 4.57 Å². The number of rotatable bonds is 5. The lowest BCUT2D eigenvalue weighted by Gasteiger charge is -2.10. The molecule has 1 aromatic heterocycles. The fourth-order valence-electron chi connectivity index (χ4n) is 2.73. The molecule has 6 heteroatoms. The summed E-state index contributed by atoms with van der Waals surface area (Å²) in [5, 5.41) is 10.2. The summed E-state index contributed by atoms with van der Waals surface area (Å²) in [6.45, 7) is 0. The van der Waals surface area contributed by atoms with E-state index >= 15 is 0 Å². The van der Waals surface area contributed by atoms with E-state index < -0.39 is 0 Å². The van der Waals surface area contributed by atoms with Crippen molar-refractivity contribution in [2.45, 2.75) is 10.9 Å². The zero-order valence-electron chi connectivity index (χ0n) is 14.2. The van der Waals surface area contributed by atoms with Crippen LogP contribution in [0, 0.1) is 5.82 Å². The van der Waals surface area contributed by atoms with Gasteiger partial charge in [0.2, 0.25) is 0 Å². The Morgan fingerprint density at radius 3 is 2.41 bits per heavy atom. The molecule has 0 atom stereocenters.